The van der Waals surface area contributed by atoms with E-state index in [2.05, 4.69) is 5.32 Å². The monoisotopic (exact) mass is 353 g/mol. The number of carbonyl (C=O) groups excluding carboxylic acids is 1. The van der Waals surface area contributed by atoms with Crippen LogP contribution in [0.2, 0.25) is 0 Å². The summed E-state index contributed by atoms with van der Waals surface area (Å²) in [5, 5.41) is 2.85. The number of amides is 1. The molecular formula is C20H23N3O3. The van der Waals surface area contributed by atoms with Crippen molar-refractivity contribution < 1.29 is 9.53 Å². The number of nitrogens with zero attached hydrogens (tertiary/aromatic N) is 2. The van der Waals surface area contributed by atoms with Crippen molar-refractivity contribution >= 4 is 22.6 Å². The highest BCUT2D eigenvalue weighted by Crippen LogP contribution is 2.21. The maximum absolute atomic E-state index is 12.5. The van der Waals surface area contributed by atoms with E-state index in [0.717, 1.165) is 22.2 Å². The first-order chi connectivity index (χ1) is 12.3. The summed E-state index contributed by atoms with van der Waals surface area (Å²) in [5.74, 6) is 0.449. The summed E-state index contributed by atoms with van der Waals surface area (Å²) >= 11 is 0. The van der Waals surface area contributed by atoms with Crippen LogP contribution in [0.1, 0.15) is 18.1 Å². The van der Waals surface area contributed by atoms with E-state index in [9.17, 15) is 9.59 Å². The normalized spacial score (nSPS) is 12.2. The first-order valence-corrected chi connectivity index (χ1v) is 8.48. The summed E-state index contributed by atoms with van der Waals surface area (Å²) in [6.45, 7) is 5.68. The van der Waals surface area contributed by atoms with Gasteiger partial charge in [0.05, 0.1) is 11.0 Å². The van der Waals surface area contributed by atoms with Gasteiger partial charge in [0, 0.05) is 19.8 Å². The van der Waals surface area contributed by atoms with Crippen molar-refractivity contribution in [3.63, 3.8) is 0 Å². The molecule has 0 saturated heterocycles. The minimum absolute atomic E-state index is 0.102. The highest BCUT2D eigenvalue weighted by atomic mass is 16.5. The molecule has 1 atom stereocenters. The van der Waals surface area contributed by atoms with Gasteiger partial charge in [0.15, 0.2) is 6.10 Å². The van der Waals surface area contributed by atoms with Gasteiger partial charge in [0.2, 0.25) is 0 Å². The molecule has 6 heteroatoms. The number of rotatable bonds is 4. The van der Waals surface area contributed by atoms with E-state index in [4.69, 9.17) is 4.74 Å². The Kier molecular flexibility index (Phi) is 4.59. The molecule has 0 aliphatic heterocycles. The number of nitrogens with one attached hydrogen (secondary N) is 1. The van der Waals surface area contributed by atoms with Gasteiger partial charge in [0.1, 0.15) is 5.75 Å². The van der Waals surface area contributed by atoms with Gasteiger partial charge < -0.3 is 10.1 Å². The van der Waals surface area contributed by atoms with Gasteiger partial charge in [0.25, 0.3) is 5.91 Å². The summed E-state index contributed by atoms with van der Waals surface area (Å²) in [6, 6.07) is 11.2. The van der Waals surface area contributed by atoms with E-state index in [-0.39, 0.29) is 11.6 Å². The Hall–Kier alpha value is -3.02. The average molecular weight is 353 g/mol. The van der Waals surface area contributed by atoms with Crippen LogP contribution < -0.4 is 15.7 Å². The number of aromatic nitrogens is 2. The van der Waals surface area contributed by atoms with Crippen LogP contribution in [0.3, 0.4) is 0 Å². The Balaban J connectivity index is 1.77. The highest BCUT2D eigenvalue weighted by molar-refractivity contribution is 5.95. The molecule has 0 spiro atoms. The van der Waals surface area contributed by atoms with Crippen LogP contribution in [0.15, 0.2) is 41.2 Å². The fourth-order valence-electron chi connectivity index (χ4n) is 3.00. The summed E-state index contributed by atoms with van der Waals surface area (Å²) in [4.78, 5) is 24.5. The Morgan fingerprint density at radius 1 is 1.04 bits per heavy atom. The van der Waals surface area contributed by atoms with Crippen molar-refractivity contribution in [2.75, 3.05) is 5.32 Å². The number of benzene rings is 2. The van der Waals surface area contributed by atoms with Crippen LogP contribution in [-0.4, -0.2) is 21.1 Å². The molecule has 1 N–H and O–H groups in total. The Labute approximate surface area is 152 Å². The predicted octanol–water partition coefficient (Wildman–Crippen LogP) is 2.90. The second-order valence-electron chi connectivity index (χ2n) is 6.62. The van der Waals surface area contributed by atoms with Crippen molar-refractivity contribution in [1.29, 1.82) is 0 Å². The molecule has 1 heterocycles. The van der Waals surface area contributed by atoms with Crippen LogP contribution in [0.4, 0.5) is 5.69 Å². The molecule has 3 rings (SSSR count). The lowest BCUT2D eigenvalue weighted by molar-refractivity contribution is -0.122. The molecule has 1 aromatic heterocycles. The fourth-order valence-corrected chi connectivity index (χ4v) is 3.00. The lowest BCUT2D eigenvalue weighted by atomic mass is 10.1. The number of imidazole rings is 1. The third kappa shape index (κ3) is 3.22. The molecule has 1 amide bonds. The molecule has 136 valence electrons. The largest absolute Gasteiger partial charge is 0.481 e. The van der Waals surface area contributed by atoms with E-state index in [1.165, 1.54) is 0 Å². The molecule has 0 aliphatic carbocycles. The minimum Gasteiger partial charge on any atom is -0.481 e. The number of fused-ring (bicyclic) bond motifs is 1. The molecule has 0 radical (unpaired) electrons. The Morgan fingerprint density at radius 3 is 2.42 bits per heavy atom. The predicted molar refractivity (Wildman–Crippen MR) is 103 cm³/mol. The molecule has 0 unspecified atom stereocenters. The molecule has 0 bridgehead atoms. The van der Waals surface area contributed by atoms with Crippen molar-refractivity contribution in [3.05, 3.63) is 58.0 Å². The van der Waals surface area contributed by atoms with Gasteiger partial charge in [-0.1, -0.05) is 17.7 Å². The molecule has 0 aliphatic rings. The maximum Gasteiger partial charge on any atom is 0.328 e. The molecule has 0 saturated carbocycles. The number of carbonyl (C=O) groups is 1. The molecule has 0 fully saturated rings. The fraction of sp³-hybridized carbons (Fsp3) is 0.300. The van der Waals surface area contributed by atoms with Gasteiger partial charge in [-0.15, -0.1) is 0 Å². The Bertz CT molecular complexity index is 1050. The van der Waals surface area contributed by atoms with E-state index in [0.29, 0.717) is 11.4 Å². The van der Waals surface area contributed by atoms with Gasteiger partial charge in [-0.2, -0.15) is 0 Å². The number of aryl methyl sites for hydroxylation is 4. The van der Waals surface area contributed by atoms with Crippen molar-refractivity contribution in [2.24, 2.45) is 14.1 Å². The molecule has 26 heavy (non-hydrogen) atoms. The molecule has 6 nitrogen and oxygen atoms in total. The van der Waals surface area contributed by atoms with E-state index < -0.39 is 6.10 Å². The third-order valence-electron chi connectivity index (χ3n) is 4.54. The maximum atomic E-state index is 12.5. The standard InChI is InChI=1S/C20H23N3O3/c1-12-6-9-18(13(2)10-12)26-14(3)19(24)21-15-7-8-16-17(11-15)23(5)20(25)22(16)4/h6-11,14H,1-5H3,(H,21,24)/t14-/m1/s1. The van der Waals surface area contributed by atoms with E-state index in [1.54, 1.807) is 42.3 Å². The topological polar surface area (TPSA) is 65.3 Å². The zero-order chi connectivity index (χ0) is 19.0. The van der Waals surface area contributed by atoms with Crippen LogP contribution in [0, 0.1) is 13.8 Å². The quantitative estimate of drug-likeness (QED) is 0.784. The van der Waals surface area contributed by atoms with Crippen molar-refractivity contribution in [2.45, 2.75) is 26.9 Å². The van der Waals surface area contributed by atoms with Crippen LogP contribution in [0.5, 0.6) is 5.75 Å². The second-order valence-corrected chi connectivity index (χ2v) is 6.62. The lowest BCUT2D eigenvalue weighted by Gasteiger charge is -2.16. The zero-order valence-electron chi connectivity index (χ0n) is 15.7. The summed E-state index contributed by atoms with van der Waals surface area (Å²) in [6.07, 6.45) is -0.647. The zero-order valence-corrected chi connectivity index (χ0v) is 15.7. The highest BCUT2D eigenvalue weighted by Gasteiger charge is 2.17. The second kappa shape index (κ2) is 6.71. The SMILES string of the molecule is Cc1ccc(O[C@H](C)C(=O)Nc2ccc3c(c2)n(C)c(=O)n3C)c(C)c1. The summed E-state index contributed by atoms with van der Waals surface area (Å²) in [7, 11) is 3.44. The van der Waals surface area contributed by atoms with Crippen molar-refractivity contribution in [1.82, 2.24) is 9.13 Å². The lowest BCUT2D eigenvalue weighted by Crippen LogP contribution is -2.30. The number of hydrogen-bond acceptors (Lipinski definition) is 3. The Morgan fingerprint density at radius 2 is 1.73 bits per heavy atom. The number of hydrogen-bond donors (Lipinski definition) is 1. The van der Waals surface area contributed by atoms with Gasteiger partial charge in [-0.3, -0.25) is 13.9 Å². The van der Waals surface area contributed by atoms with Crippen LogP contribution in [0.25, 0.3) is 11.0 Å². The van der Waals surface area contributed by atoms with Crippen LogP contribution in [-0.2, 0) is 18.9 Å². The number of anilines is 1. The van der Waals surface area contributed by atoms with Gasteiger partial charge >= 0.3 is 5.69 Å². The number of ether oxygens (including phenoxy) is 1. The van der Waals surface area contributed by atoms with E-state index in [1.807, 2.05) is 38.1 Å². The molecule has 2 aromatic carbocycles. The molecule has 3 aromatic rings. The van der Waals surface area contributed by atoms with Gasteiger partial charge in [-0.05, 0) is 50.6 Å². The minimum atomic E-state index is -0.647. The first kappa shape index (κ1) is 17.8. The van der Waals surface area contributed by atoms with Crippen LogP contribution >= 0.6 is 0 Å². The van der Waals surface area contributed by atoms with E-state index >= 15 is 0 Å². The molecular weight excluding hydrogens is 330 g/mol. The average Bonchev–Trinajstić information content (AvgIpc) is 2.81. The van der Waals surface area contributed by atoms with Gasteiger partial charge in [-0.25, -0.2) is 4.79 Å². The smallest absolute Gasteiger partial charge is 0.328 e. The van der Waals surface area contributed by atoms with Crippen molar-refractivity contribution in [3.8, 4) is 5.75 Å². The third-order valence-corrected chi connectivity index (χ3v) is 4.54. The first-order valence-electron chi connectivity index (χ1n) is 8.48. The summed E-state index contributed by atoms with van der Waals surface area (Å²) < 4.78 is 8.93. The summed E-state index contributed by atoms with van der Waals surface area (Å²) in [5.41, 5.74) is 4.24.